The van der Waals surface area contributed by atoms with Gasteiger partial charge in [-0.1, -0.05) is 12.1 Å². The van der Waals surface area contributed by atoms with Crippen LogP contribution in [0.15, 0.2) is 42.9 Å². The van der Waals surface area contributed by atoms with Gasteiger partial charge in [0.25, 0.3) is 6.47 Å². The van der Waals surface area contributed by atoms with Crippen molar-refractivity contribution in [2.24, 2.45) is 0 Å². The van der Waals surface area contributed by atoms with E-state index in [0.717, 1.165) is 0 Å². The summed E-state index contributed by atoms with van der Waals surface area (Å²) in [6, 6.07) is 8.25. The van der Waals surface area contributed by atoms with E-state index in [-0.39, 0.29) is 12.6 Å². The van der Waals surface area contributed by atoms with Gasteiger partial charge in [0.05, 0.1) is 0 Å². The first-order valence-electron chi connectivity index (χ1n) is 8.52. The maximum Gasteiger partial charge on any atom is 0.326 e. The Morgan fingerprint density at radius 1 is 1.21 bits per heavy atom. The van der Waals surface area contributed by atoms with Crippen LogP contribution in [0.4, 0.5) is 16.4 Å². The molecule has 3 rings (SSSR count). The smallest absolute Gasteiger partial charge is 0.326 e. The molecule has 0 atom stereocenters. The molecule has 10 nitrogen and oxygen atoms in total. The van der Waals surface area contributed by atoms with Crippen molar-refractivity contribution in [3.63, 3.8) is 0 Å². The zero-order valence-corrected chi connectivity index (χ0v) is 15.4. The molecule has 0 radical (unpaired) electrons. The van der Waals surface area contributed by atoms with E-state index in [2.05, 4.69) is 35.5 Å². The highest BCUT2D eigenvalue weighted by atomic mass is 16.5. The number of rotatable bonds is 7. The van der Waals surface area contributed by atoms with Crippen LogP contribution in [0.3, 0.4) is 0 Å². The van der Waals surface area contributed by atoms with Gasteiger partial charge < -0.3 is 9.30 Å². The van der Waals surface area contributed by atoms with E-state index >= 15 is 0 Å². The first-order chi connectivity index (χ1) is 13.6. The largest absolute Gasteiger partial charge is 0.463 e. The van der Waals surface area contributed by atoms with Gasteiger partial charge in [0.1, 0.15) is 30.3 Å². The molecule has 0 aliphatic rings. The summed E-state index contributed by atoms with van der Waals surface area (Å²) in [6.07, 6.45) is 3.15. The summed E-state index contributed by atoms with van der Waals surface area (Å²) in [7, 11) is 0. The van der Waals surface area contributed by atoms with Crippen LogP contribution in [0.25, 0.3) is 11.5 Å². The lowest BCUT2D eigenvalue weighted by Crippen LogP contribution is -2.20. The van der Waals surface area contributed by atoms with Crippen molar-refractivity contribution in [1.82, 2.24) is 24.7 Å². The second kappa shape index (κ2) is 8.71. The summed E-state index contributed by atoms with van der Waals surface area (Å²) in [5, 5.41) is 13.3. The third kappa shape index (κ3) is 4.67. The zero-order valence-electron chi connectivity index (χ0n) is 15.4. The minimum Gasteiger partial charge on any atom is -0.463 e. The van der Waals surface area contributed by atoms with Crippen molar-refractivity contribution in [2.75, 3.05) is 10.6 Å². The Kier molecular flexibility index (Phi) is 5.90. The highest BCUT2D eigenvalue weighted by molar-refractivity contribution is 5.98. The van der Waals surface area contributed by atoms with Gasteiger partial charge in [0, 0.05) is 17.8 Å². The molecular formula is C18H19N7O3. The Labute approximate surface area is 161 Å². The minimum absolute atomic E-state index is 0.126. The Morgan fingerprint density at radius 2 is 2.04 bits per heavy atom. The topological polar surface area (TPSA) is 124 Å². The molecule has 0 spiro atoms. The van der Waals surface area contributed by atoms with E-state index in [1.807, 2.05) is 18.4 Å². The summed E-state index contributed by atoms with van der Waals surface area (Å²) in [5.41, 5.74) is 1.31. The number of pyridine rings is 2. The van der Waals surface area contributed by atoms with Gasteiger partial charge in [-0.3, -0.25) is 15.4 Å². The number of urea groups is 1. The van der Waals surface area contributed by atoms with Crippen LogP contribution in [0.1, 0.15) is 25.5 Å². The summed E-state index contributed by atoms with van der Waals surface area (Å²) in [5.74, 6) is 1.33. The molecule has 0 fully saturated rings. The number of aromatic nitrogens is 5. The van der Waals surface area contributed by atoms with Gasteiger partial charge in [-0.25, -0.2) is 14.8 Å². The van der Waals surface area contributed by atoms with Crippen molar-refractivity contribution >= 4 is 24.1 Å². The fourth-order valence-corrected chi connectivity index (χ4v) is 2.41. The van der Waals surface area contributed by atoms with Crippen LogP contribution in [0.2, 0.25) is 0 Å². The molecule has 3 aromatic heterocycles. The molecule has 0 aliphatic heterocycles. The summed E-state index contributed by atoms with van der Waals surface area (Å²) in [4.78, 5) is 30.9. The van der Waals surface area contributed by atoms with E-state index in [1.54, 1.807) is 36.7 Å². The maximum absolute atomic E-state index is 12.2. The normalized spacial score (nSPS) is 10.5. The number of nitrogens with zero attached hydrogens (tertiary/aromatic N) is 5. The summed E-state index contributed by atoms with van der Waals surface area (Å²) < 4.78 is 6.54. The molecule has 28 heavy (non-hydrogen) atoms. The number of hydrogen-bond acceptors (Lipinski definition) is 7. The van der Waals surface area contributed by atoms with Crippen LogP contribution in [-0.4, -0.2) is 37.2 Å². The van der Waals surface area contributed by atoms with Gasteiger partial charge >= 0.3 is 6.03 Å². The number of anilines is 2. The standard InChI is InChI=1S/C18H19N7O3/c1-12(2)25-10-20-24-17(25)14-4-3-5-16(21-14)23-18(27)22-15-7-6-13(8-19-15)9-28-11-26/h3-8,10-12H,9H2,1-2H3,(H2,19,21,22,23,27). The lowest BCUT2D eigenvalue weighted by atomic mass is 10.3. The average Bonchev–Trinajstić information content (AvgIpc) is 3.18. The van der Waals surface area contributed by atoms with E-state index in [9.17, 15) is 9.59 Å². The van der Waals surface area contributed by atoms with Gasteiger partial charge in [-0.15, -0.1) is 10.2 Å². The first kappa shape index (κ1) is 19.0. The van der Waals surface area contributed by atoms with Gasteiger partial charge in [-0.05, 0) is 32.0 Å². The number of hydrogen-bond donors (Lipinski definition) is 2. The zero-order chi connectivity index (χ0) is 19.9. The van der Waals surface area contributed by atoms with Crippen molar-refractivity contribution in [3.8, 4) is 11.5 Å². The van der Waals surface area contributed by atoms with Crippen molar-refractivity contribution in [3.05, 3.63) is 48.4 Å². The van der Waals surface area contributed by atoms with Gasteiger partial charge in [0.2, 0.25) is 0 Å². The van der Waals surface area contributed by atoms with Crippen LogP contribution in [0.5, 0.6) is 0 Å². The monoisotopic (exact) mass is 381 g/mol. The number of carbonyl (C=O) groups is 2. The Morgan fingerprint density at radius 3 is 2.75 bits per heavy atom. The average molecular weight is 381 g/mol. The Bertz CT molecular complexity index is 954. The molecule has 0 aromatic carbocycles. The van der Waals surface area contributed by atoms with Crippen molar-refractivity contribution in [1.29, 1.82) is 0 Å². The molecule has 2 N–H and O–H groups in total. The molecule has 2 amide bonds. The molecule has 0 unspecified atom stereocenters. The van der Waals surface area contributed by atoms with E-state index in [0.29, 0.717) is 35.2 Å². The van der Waals surface area contributed by atoms with Crippen LogP contribution in [0, 0.1) is 0 Å². The predicted molar refractivity (Wildman–Crippen MR) is 101 cm³/mol. The number of nitrogens with one attached hydrogen (secondary N) is 2. The summed E-state index contributed by atoms with van der Waals surface area (Å²) >= 11 is 0. The van der Waals surface area contributed by atoms with Gasteiger partial charge in [-0.2, -0.15) is 0 Å². The third-order valence-electron chi connectivity index (χ3n) is 3.73. The van der Waals surface area contributed by atoms with E-state index in [1.165, 1.54) is 6.20 Å². The quantitative estimate of drug-likeness (QED) is 0.603. The lowest BCUT2D eigenvalue weighted by Gasteiger charge is -2.11. The predicted octanol–water partition coefficient (Wildman–Crippen LogP) is 2.63. The molecule has 3 aromatic rings. The van der Waals surface area contributed by atoms with Crippen molar-refractivity contribution < 1.29 is 14.3 Å². The molecule has 0 aliphatic carbocycles. The van der Waals surface area contributed by atoms with E-state index in [4.69, 9.17) is 0 Å². The Hall–Kier alpha value is -3.82. The lowest BCUT2D eigenvalue weighted by molar-refractivity contribution is -0.129. The molecule has 3 heterocycles. The van der Waals surface area contributed by atoms with Crippen LogP contribution < -0.4 is 10.6 Å². The van der Waals surface area contributed by atoms with Gasteiger partial charge in [0.15, 0.2) is 5.82 Å². The number of amides is 2. The fraction of sp³-hybridized carbons (Fsp3) is 0.222. The van der Waals surface area contributed by atoms with Crippen LogP contribution >= 0.6 is 0 Å². The molecule has 0 saturated carbocycles. The molecule has 10 heteroatoms. The Balaban J connectivity index is 1.66. The molecule has 0 saturated heterocycles. The SMILES string of the molecule is CC(C)n1cnnc1-c1cccc(NC(=O)Nc2ccc(COC=O)cn2)n1. The molecule has 0 bridgehead atoms. The molecule has 144 valence electrons. The van der Waals surface area contributed by atoms with E-state index < -0.39 is 6.03 Å². The molecular weight excluding hydrogens is 362 g/mol. The number of carbonyl (C=O) groups excluding carboxylic acids is 2. The van der Waals surface area contributed by atoms with Crippen molar-refractivity contribution in [2.45, 2.75) is 26.5 Å². The highest BCUT2D eigenvalue weighted by Gasteiger charge is 2.12. The van der Waals surface area contributed by atoms with Crippen LogP contribution in [-0.2, 0) is 16.1 Å². The summed E-state index contributed by atoms with van der Waals surface area (Å²) in [6.45, 7) is 4.53. The second-order valence-corrected chi connectivity index (χ2v) is 6.10. The minimum atomic E-state index is -0.487. The fourth-order valence-electron chi connectivity index (χ4n) is 2.41. The maximum atomic E-state index is 12.2. The second-order valence-electron chi connectivity index (χ2n) is 6.10. The third-order valence-corrected chi connectivity index (χ3v) is 3.73. The highest BCUT2D eigenvalue weighted by Crippen LogP contribution is 2.19. The number of ether oxygens (including phenoxy) is 1. The first-order valence-corrected chi connectivity index (χ1v) is 8.52.